The molecule has 3 heterocycles. The van der Waals surface area contributed by atoms with Crippen LogP contribution in [0.5, 0.6) is 0 Å². The number of benzene rings is 1. The van der Waals surface area contributed by atoms with Crippen LogP contribution in [0.2, 0.25) is 0 Å². The number of fused-ring (bicyclic) bond motifs is 2. The van der Waals surface area contributed by atoms with E-state index in [0.717, 1.165) is 28.8 Å². The number of aromatic nitrogens is 4. The lowest BCUT2D eigenvalue weighted by Gasteiger charge is -2.06. The van der Waals surface area contributed by atoms with E-state index < -0.39 is 0 Å². The van der Waals surface area contributed by atoms with Crippen molar-refractivity contribution in [3.63, 3.8) is 0 Å². The van der Waals surface area contributed by atoms with Gasteiger partial charge in [0.1, 0.15) is 5.56 Å². The maximum atomic E-state index is 12.6. The average Bonchev–Trinajstić information content (AvgIpc) is 3.17. The molecule has 3 aromatic heterocycles. The maximum absolute atomic E-state index is 12.6. The van der Waals surface area contributed by atoms with Crippen molar-refractivity contribution in [1.82, 2.24) is 19.2 Å². The summed E-state index contributed by atoms with van der Waals surface area (Å²) in [7, 11) is 0. The molecular weight excluding hydrogens is 302 g/mol. The summed E-state index contributed by atoms with van der Waals surface area (Å²) in [5.41, 5.74) is 3.78. The Hall–Kier alpha value is -3.15. The number of nitrogens with one attached hydrogen (secondary N) is 1. The van der Waals surface area contributed by atoms with Gasteiger partial charge in [-0.3, -0.25) is 4.79 Å². The zero-order valence-corrected chi connectivity index (χ0v) is 13.5. The van der Waals surface area contributed by atoms with E-state index in [1.165, 1.54) is 0 Å². The molecule has 0 fully saturated rings. The largest absolute Gasteiger partial charge is 0.348 e. The Morgan fingerprint density at radius 3 is 2.92 bits per heavy atom. The van der Waals surface area contributed by atoms with Crippen molar-refractivity contribution in [3.05, 3.63) is 60.2 Å². The normalized spacial score (nSPS) is 11.2. The lowest BCUT2D eigenvalue weighted by Crippen LogP contribution is -2.12. The molecule has 0 saturated carbocycles. The molecule has 4 rings (SSSR count). The Labute approximate surface area is 138 Å². The molecule has 0 unspecified atom stereocenters. The number of hydrogen-bond donors (Lipinski definition) is 1. The highest BCUT2D eigenvalue weighted by Gasteiger charge is 2.14. The number of nitrogens with zero attached hydrogens (tertiary/aromatic N) is 4. The molecule has 0 aliphatic rings. The predicted octanol–water partition coefficient (Wildman–Crippen LogP) is 3.26. The standard InChI is InChI=1S/C18H17N5O/c1-3-22-8-7-13-10-14(4-5-16(13)22)21-18(24)15-11-19-23-9-6-12(2)20-17(15)23/h4-11H,3H2,1-2H3,(H,21,24). The Morgan fingerprint density at radius 1 is 1.21 bits per heavy atom. The van der Waals surface area contributed by atoms with Crippen molar-refractivity contribution in [2.75, 3.05) is 5.32 Å². The summed E-state index contributed by atoms with van der Waals surface area (Å²) < 4.78 is 3.77. The second-order valence-electron chi connectivity index (χ2n) is 5.72. The zero-order chi connectivity index (χ0) is 16.7. The van der Waals surface area contributed by atoms with Crippen LogP contribution in [0.15, 0.2) is 48.9 Å². The number of carbonyl (C=O) groups excluding carboxylic acids is 1. The van der Waals surface area contributed by atoms with Gasteiger partial charge in [-0.05, 0) is 44.2 Å². The monoisotopic (exact) mass is 319 g/mol. The third-order valence-corrected chi connectivity index (χ3v) is 4.12. The van der Waals surface area contributed by atoms with Crippen molar-refractivity contribution < 1.29 is 4.79 Å². The van der Waals surface area contributed by atoms with E-state index in [1.54, 1.807) is 16.9 Å². The molecule has 0 radical (unpaired) electrons. The molecule has 0 aliphatic heterocycles. The number of aryl methyl sites for hydroxylation is 2. The van der Waals surface area contributed by atoms with Crippen LogP contribution in [-0.4, -0.2) is 25.1 Å². The van der Waals surface area contributed by atoms with E-state index in [1.807, 2.05) is 37.4 Å². The van der Waals surface area contributed by atoms with Crippen molar-refractivity contribution in [1.29, 1.82) is 0 Å². The van der Waals surface area contributed by atoms with Crippen LogP contribution in [0.1, 0.15) is 23.0 Å². The van der Waals surface area contributed by atoms with Crippen LogP contribution < -0.4 is 5.32 Å². The molecule has 120 valence electrons. The van der Waals surface area contributed by atoms with Crippen LogP contribution in [-0.2, 0) is 6.54 Å². The van der Waals surface area contributed by atoms with Gasteiger partial charge in [-0.1, -0.05) is 0 Å². The van der Waals surface area contributed by atoms with Gasteiger partial charge < -0.3 is 9.88 Å². The highest BCUT2D eigenvalue weighted by molar-refractivity contribution is 6.08. The summed E-state index contributed by atoms with van der Waals surface area (Å²) >= 11 is 0. The zero-order valence-electron chi connectivity index (χ0n) is 13.5. The van der Waals surface area contributed by atoms with Crippen molar-refractivity contribution in [2.45, 2.75) is 20.4 Å². The van der Waals surface area contributed by atoms with Gasteiger partial charge in [0.2, 0.25) is 0 Å². The number of amides is 1. The maximum Gasteiger partial charge on any atom is 0.261 e. The topological polar surface area (TPSA) is 64.2 Å². The number of rotatable bonds is 3. The Kier molecular flexibility index (Phi) is 3.30. The van der Waals surface area contributed by atoms with Crippen LogP contribution in [0, 0.1) is 6.92 Å². The average molecular weight is 319 g/mol. The van der Waals surface area contributed by atoms with E-state index in [0.29, 0.717) is 11.2 Å². The van der Waals surface area contributed by atoms with Gasteiger partial charge in [-0.25, -0.2) is 9.50 Å². The van der Waals surface area contributed by atoms with Gasteiger partial charge in [0.05, 0.1) is 6.20 Å². The molecule has 0 atom stereocenters. The minimum absolute atomic E-state index is 0.211. The smallest absolute Gasteiger partial charge is 0.261 e. The fourth-order valence-corrected chi connectivity index (χ4v) is 2.87. The number of hydrogen-bond acceptors (Lipinski definition) is 3. The van der Waals surface area contributed by atoms with Gasteiger partial charge in [-0.2, -0.15) is 5.10 Å². The van der Waals surface area contributed by atoms with Gasteiger partial charge in [0.15, 0.2) is 5.65 Å². The first-order valence-corrected chi connectivity index (χ1v) is 7.87. The Bertz CT molecular complexity index is 1060. The lowest BCUT2D eigenvalue weighted by atomic mass is 10.2. The van der Waals surface area contributed by atoms with Crippen LogP contribution in [0.3, 0.4) is 0 Å². The fourth-order valence-electron chi connectivity index (χ4n) is 2.87. The van der Waals surface area contributed by atoms with E-state index >= 15 is 0 Å². The summed E-state index contributed by atoms with van der Waals surface area (Å²) in [5, 5.41) is 8.21. The number of anilines is 1. The molecule has 4 aromatic rings. The minimum Gasteiger partial charge on any atom is -0.348 e. The second kappa shape index (κ2) is 5.49. The summed E-state index contributed by atoms with van der Waals surface area (Å²) in [5.74, 6) is -0.211. The summed E-state index contributed by atoms with van der Waals surface area (Å²) in [4.78, 5) is 17.0. The molecule has 0 spiro atoms. The Balaban J connectivity index is 1.66. The van der Waals surface area contributed by atoms with Crippen LogP contribution in [0.25, 0.3) is 16.6 Å². The quantitative estimate of drug-likeness (QED) is 0.630. The van der Waals surface area contributed by atoms with Crippen LogP contribution in [0.4, 0.5) is 5.69 Å². The summed E-state index contributed by atoms with van der Waals surface area (Å²) in [6.07, 6.45) is 5.39. The molecule has 0 saturated heterocycles. The second-order valence-corrected chi connectivity index (χ2v) is 5.72. The van der Waals surface area contributed by atoms with E-state index in [-0.39, 0.29) is 5.91 Å². The molecule has 24 heavy (non-hydrogen) atoms. The first kappa shape index (κ1) is 14.4. The fraction of sp³-hybridized carbons (Fsp3) is 0.167. The first-order valence-electron chi connectivity index (χ1n) is 7.87. The minimum atomic E-state index is -0.211. The van der Waals surface area contributed by atoms with Crippen molar-refractivity contribution in [2.24, 2.45) is 0 Å². The number of carbonyl (C=O) groups is 1. The molecule has 1 amide bonds. The molecule has 1 aromatic carbocycles. The highest BCUT2D eigenvalue weighted by Crippen LogP contribution is 2.21. The van der Waals surface area contributed by atoms with E-state index in [2.05, 4.69) is 33.0 Å². The SMILES string of the molecule is CCn1ccc2cc(NC(=O)c3cnn4ccc(C)nc34)ccc21. The molecule has 1 N–H and O–H groups in total. The molecule has 6 nitrogen and oxygen atoms in total. The van der Waals surface area contributed by atoms with Crippen molar-refractivity contribution >= 4 is 28.1 Å². The highest BCUT2D eigenvalue weighted by atomic mass is 16.1. The third kappa shape index (κ3) is 2.32. The van der Waals surface area contributed by atoms with Crippen LogP contribution >= 0.6 is 0 Å². The van der Waals surface area contributed by atoms with Gasteiger partial charge >= 0.3 is 0 Å². The summed E-state index contributed by atoms with van der Waals surface area (Å²) in [6.45, 7) is 4.92. The molecule has 0 aliphatic carbocycles. The summed E-state index contributed by atoms with van der Waals surface area (Å²) in [6, 6.07) is 9.82. The Morgan fingerprint density at radius 2 is 2.08 bits per heavy atom. The molecule has 0 bridgehead atoms. The van der Waals surface area contributed by atoms with Crippen molar-refractivity contribution in [3.8, 4) is 0 Å². The van der Waals surface area contributed by atoms with E-state index in [9.17, 15) is 4.79 Å². The van der Waals surface area contributed by atoms with Gasteiger partial charge in [-0.15, -0.1) is 0 Å². The third-order valence-electron chi connectivity index (χ3n) is 4.12. The van der Waals surface area contributed by atoms with Gasteiger partial charge in [0, 0.05) is 41.2 Å². The van der Waals surface area contributed by atoms with Gasteiger partial charge in [0.25, 0.3) is 5.91 Å². The molecular formula is C18H17N5O. The molecule has 6 heteroatoms. The predicted molar refractivity (Wildman–Crippen MR) is 93.3 cm³/mol. The van der Waals surface area contributed by atoms with E-state index in [4.69, 9.17) is 0 Å². The lowest BCUT2D eigenvalue weighted by molar-refractivity contribution is 0.102. The first-order chi connectivity index (χ1) is 11.7.